The third-order valence-corrected chi connectivity index (χ3v) is 12.2. The Hall–Kier alpha value is -6.24. The molecule has 0 radical (unpaired) electrons. The van der Waals surface area contributed by atoms with E-state index in [1.807, 2.05) is 65.1 Å². The van der Waals surface area contributed by atoms with Gasteiger partial charge in [-0.1, -0.05) is 91.0 Å². The molecule has 0 saturated carbocycles. The van der Waals surface area contributed by atoms with Crippen molar-refractivity contribution in [2.75, 3.05) is 0 Å². The number of rotatable bonds is 3. The molecule has 10 rings (SSSR count). The highest BCUT2D eigenvalue weighted by Crippen LogP contribution is 2.46. The SMILES string of the molecule is [C-]#[N+]c1ccc2c(c1)c1ccccc1n2-c1c(C#N)cccc1-c1ccc2sc3c(ccc4c5cc(-c6ccccc6)ccc5sc43)c2c1. The molecule has 5 heteroatoms. The maximum absolute atomic E-state index is 10.4. The molecule has 7 aromatic carbocycles. The summed E-state index contributed by atoms with van der Waals surface area (Å²) in [7, 11) is 0. The van der Waals surface area contributed by atoms with Gasteiger partial charge in [0.2, 0.25) is 0 Å². The van der Waals surface area contributed by atoms with Crippen molar-refractivity contribution in [2.45, 2.75) is 0 Å². The zero-order chi connectivity index (χ0) is 32.6. The third-order valence-electron chi connectivity index (χ3n) is 9.66. The van der Waals surface area contributed by atoms with Gasteiger partial charge in [0.05, 0.1) is 38.3 Å². The average molecular weight is 658 g/mol. The van der Waals surface area contributed by atoms with Crippen LogP contribution in [-0.2, 0) is 0 Å². The van der Waals surface area contributed by atoms with E-state index in [-0.39, 0.29) is 0 Å². The summed E-state index contributed by atoms with van der Waals surface area (Å²) in [5, 5.41) is 17.6. The van der Waals surface area contributed by atoms with Crippen LogP contribution in [-0.4, -0.2) is 4.57 Å². The number of hydrogen-bond acceptors (Lipinski definition) is 3. The highest BCUT2D eigenvalue weighted by atomic mass is 32.1. The first kappa shape index (κ1) is 27.8. The molecule has 0 bridgehead atoms. The van der Waals surface area contributed by atoms with E-state index in [0.29, 0.717) is 11.3 Å². The minimum atomic E-state index is 0.600. The maximum Gasteiger partial charge on any atom is 0.188 e. The van der Waals surface area contributed by atoms with Crippen LogP contribution in [0.4, 0.5) is 5.69 Å². The number of nitrogens with zero attached hydrogens (tertiary/aromatic N) is 3. The van der Waals surface area contributed by atoms with Crippen molar-refractivity contribution in [1.82, 2.24) is 4.57 Å². The number of thiophene rings is 2. The van der Waals surface area contributed by atoms with Crippen LogP contribution in [0.25, 0.3) is 94.9 Å². The molecule has 3 aromatic heterocycles. The fourth-order valence-electron chi connectivity index (χ4n) is 7.42. The summed E-state index contributed by atoms with van der Waals surface area (Å²) >= 11 is 3.73. The standard InChI is InChI=1S/C44H23N3S2/c1-46-30-16-19-39-35(24-30)32-11-5-6-13-38(32)47(39)42-29(25-45)10-7-12-31(42)28-15-21-41-37(23-28)34-18-17-33-36-22-27(26-8-3-2-4-9-26)14-20-40(36)48-43(33)44(34)49-41/h2-24H. The fourth-order valence-corrected chi connectivity index (χ4v) is 9.93. The van der Waals surface area contributed by atoms with Crippen LogP contribution >= 0.6 is 22.7 Å². The van der Waals surface area contributed by atoms with E-state index >= 15 is 0 Å². The van der Waals surface area contributed by atoms with E-state index in [9.17, 15) is 5.26 Å². The first-order valence-electron chi connectivity index (χ1n) is 16.0. The lowest BCUT2D eigenvalue weighted by molar-refractivity contribution is 1.17. The number of nitriles is 1. The first-order valence-corrected chi connectivity index (χ1v) is 17.6. The molecule has 0 aliphatic heterocycles. The molecule has 49 heavy (non-hydrogen) atoms. The van der Waals surface area contributed by atoms with Gasteiger partial charge in [0.25, 0.3) is 0 Å². The Balaban J connectivity index is 1.19. The van der Waals surface area contributed by atoms with Gasteiger partial charge in [-0.05, 0) is 70.6 Å². The Labute approximate surface area is 289 Å². The molecule has 0 N–H and O–H groups in total. The molecular formula is C44H23N3S2. The second-order valence-electron chi connectivity index (χ2n) is 12.3. The van der Waals surface area contributed by atoms with E-state index < -0.39 is 0 Å². The maximum atomic E-state index is 10.4. The molecule has 226 valence electrons. The van der Waals surface area contributed by atoms with Gasteiger partial charge in [0.1, 0.15) is 6.07 Å². The monoisotopic (exact) mass is 657 g/mol. The number of benzene rings is 7. The van der Waals surface area contributed by atoms with E-state index in [1.54, 1.807) is 0 Å². The first-order chi connectivity index (χ1) is 24.2. The zero-order valence-corrected chi connectivity index (χ0v) is 27.6. The van der Waals surface area contributed by atoms with E-state index in [1.165, 1.54) is 51.5 Å². The molecule has 0 unspecified atom stereocenters. The van der Waals surface area contributed by atoms with Crippen molar-refractivity contribution in [1.29, 1.82) is 5.26 Å². The quantitative estimate of drug-likeness (QED) is 0.174. The molecule has 3 nitrogen and oxygen atoms in total. The number of para-hydroxylation sites is 2. The fraction of sp³-hybridized carbons (Fsp3) is 0. The van der Waals surface area contributed by atoms with Crippen molar-refractivity contribution < 1.29 is 0 Å². The molecule has 0 atom stereocenters. The number of hydrogen-bond donors (Lipinski definition) is 0. The Bertz CT molecular complexity index is 3070. The van der Waals surface area contributed by atoms with Crippen molar-refractivity contribution in [3.8, 4) is 34.0 Å². The summed E-state index contributed by atoms with van der Waals surface area (Å²) in [6.07, 6.45) is 0. The van der Waals surface area contributed by atoms with Crippen molar-refractivity contribution in [3.63, 3.8) is 0 Å². The van der Waals surface area contributed by atoms with Crippen LogP contribution in [0, 0.1) is 17.9 Å². The molecule has 0 amide bonds. The van der Waals surface area contributed by atoms with Crippen LogP contribution in [0.1, 0.15) is 5.56 Å². The van der Waals surface area contributed by atoms with Gasteiger partial charge in [-0.3, -0.25) is 0 Å². The van der Waals surface area contributed by atoms with Gasteiger partial charge in [-0.2, -0.15) is 5.26 Å². The Kier molecular flexibility index (Phi) is 6.04. The zero-order valence-electron chi connectivity index (χ0n) is 25.9. The molecule has 0 aliphatic carbocycles. The Morgan fingerprint density at radius 2 is 1.20 bits per heavy atom. The summed E-state index contributed by atoms with van der Waals surface area (Å²) < 4.78 is 7.39. The highest BCUT2D eigenvalue weighted by Gasteiger charge is 2.20. The summed E-state index contributed by atoms with van der Waals surface area (Å²) in [5.41, 5.74) is 8.56. The second-order valence-corrected chi connectivity index (χ2v) is 14.4. The van der Waals surface area contributed by atoms with Gasteiger partial charge in [-0.15, -0.1) is 22.7 Å². The highest BCUT2D eigenvalue weighted by molar-refractivity contribution is 7.33. The van der Waals surface area contributed by atoms with E-state index in [4.69, 9.17) is 6.57 Å². The van der Waals surface area contributed by atoms with Crippen molar-refractivity contribution >= 4 is 90.5 Å². The summed E-state index contributed by atoms with van der Waals surface area (Å²) in [6.45, 7) is 7.61. The van der Waals surface area contributed by atoms with Gasteiger partial charge in [0, 0.05) is 41.9 Å². The largest absolute Gasteiger partial charge is 0.307 e. The summed E-state index contributed by atoms with van der Waals surface area (Å²) in [5.74, 6) is 0. The van der Waals surface area contributed by atoms with E-state index in [2.05, 4.69) is 113 Å². The van der Waals surface area contributed by atoms with Crippen LogP contribution in [0.5, 0.6) is 0 Å². The van der Waals surface area contributed by atoms with Crippen molar-refractivity contribution in [2.24, 2.45) is 0 Å². The normalized spacial score (nSPS) is 11.6. The number of fused-ring (bicyclic) bond motifs is 10. The van der Waals surface area contributed by atoms with Crippen molar-refractivity contribution in [3.05, 3.63) is 157 Å². The van der Waals surface area contributed by atoms with Crippen LogP contribution in [0.15, 0.2) is 140 Å². The molecule has 0 aliphatic rings. The van der Waals surface area contributed by atoms with Crippen LogP contribution < -0.4 is 0 Å². The predicted molar refractivity (Wildman–Crippen MR) is 208 cm³/mol. The summed E-state index contributed by atoms with van der Waals surface area (Å²) in [4.78, 5) is 3.69. The lowest BCUT2D eigenvalue weighted by Gasteiger charge is -2.16. The van der Waals surface area contributed by atoms with Gasteiger partial charge in [0.15, 0.2) is 5.69 Å². The number of aromatic nitrogens is 1. The average Bonchev–Trinajstić information content (AvgIpc) is 3.83. The third kappa shape index (κ3) is 4.11. The molecule has 3 heterocycles. The molecule has 10 aromatic rings. The van der Waals surface area contributed by atoms with Crippen LogP contribution in [0.2, 0.25) is 0 Å². The van der Waals surface area contributed by atoms with Crippen LogP contribution in [0.3, 0.4) is 0 Å². The lowest BCUT2D eigenvalue weighted by Crippen LogP contribution is -2.00. The molecule has 0 spiro atoms. The molecule has 0 saturated heterocycles. The second kappa shape index (κ2) is 10.6. The summed E-state index contributed by atoms with van der Waals surface area (Å²) in [6, 6.07) is 51.3. The molecule has 0 fully saturated rings. The van der Waals surface area contributed by atoms with Gasteiger partial charge >= 0.3 is 0 Å². The predicted octanol–water partition coefficient (Wildman–Crippen LogP) is 13.3. The molecular weight excluding hydrogens is 635 g/mol. The lowest BCUT2D eigenvalue weighted by atomic mass is 9.98. The smallest absolute Gasteiger partial charge is 0.188 e. The topological polar surface area (TPSA) is 33.1 Å². The van der Waals surface area contributed by atoms with E-state index in [0.717, 1.165) is 38.6 Å². The minimum absolute atomic E-state index is 0.600. The minimum Gasteiger partial charge on any atom is -0.307 e. The Morgan fingerprint density at radius 3 is 1.94 bits per heavy atom. The Morgan fingerprint density at radius 1 is 0.531 bits per heavy atom. The van der Waals surface area contributed by atoms with Gasteiger partial charge < -0.3 is 4.57 Å². The van der Waals surface area contributed by atoms with Gasteiger partial charge in [-0.25, -0.2) is 4.85 Å².